The molecule has 10 nitrogen and oxygen atoms in total. The number of nitrogens with two attached hydrogens (primary N) is 1. The van der Waals surface area contributed by atoms with Crippen molar-refractivity contribution in [2.75, 3.05) is 38.7 Å². The van der Waals surface area contributed by atoms with Crippen LogP contribution in [-0.2, 0) is 32.1 Å². The van der Waals surface area contributed by atoms with Crippen molar-refractivity contribution >= 4 is 24.0 Å². The molecule has 1 aromatic carbocycles. The van der Waals surface area contributed by atoms with E-state index in [4.69, 9.17) is 19.9 Å². The lowest BCUT2D eigenvalue weighted by molar-refractivity contribution is -0.144. The van der Waals surface area contributed by atoms with Crippen molar-refractivity contribution < 1.29 is 33.7 Å². The van der Waals surface area contributed by atoms with E-state index in [1.807, 2.05) is 13.0 Å². The first-order valence-corrected chi connectivity index (χ1v) is 12.2. The Morgan fingerprint density at radius 2 is 1.83 bits per heavy atom. The molecule has 0 aliphatic rings. The lowest BCUT2D eigenvalue weighted by atomic mass is 9.96. The molecule has 36 heavy (non-hydrogen) atoms. The van der Waals surface area contributed by atoms with Gasteiger partial charge in [-0.1, -0.05) is 25.5 Å². The number of methoxy groups -OCH3 is 1. The van der Waals surface area contributed by atoms with Gasteiger partial charge in [0, 0.05) is 24.1 Å². The van der Waals surface area contributed by atoms with Crippen LogP contribution in [0.1, 0.15) is 57.2 Å². The Labute approximate surface area is 213 Å². The zero-order chi connectivity index (χ0) is 27.3. The first-order chi connectivity index (χ1) is 17.1. The molecule has 10 heteroatoms. The molecule has 1 amide bonds. The molecule has 0 radical (unpaired) electrons. The van der Waals surface area contributed by atoms with Crippen molar-refractivity contribution in [2.45, 2.75) is 66.5 Å². The van der Waals surface area contributed by atoms with Crippen LogP contribution in [0.2, 0.25) is 0 Å². The number of anilines is 1. The number of aliphatic hydroxyl groups excluding tert-OH is 1. The van der Waals surface area contributed by atoms with Crippen LogP contribution in [0.5, 0.6) is 11.5 Å². The van der Waals surface area contributed by atoms with Crippen molar-refractivity contribution in [3.8, 4) is 11.5 Å². The summed E-state index contributed by atoms with van der Waals surface area (Å²) < 4.78 is 16.5. The molecule has 0 aliphatic carbocycles. The molecule has 0 aromatic heterocycles. The van der Waals surface area contributed by atoms with Gasteiger partial charge in [-0.05, 0) is 52.3 Å². The summed E-state index contributed by atoms with van der Waals surface area (Å²) in [5, 5.41) is 12.5. The first-order valence-electron chi connectivity index (χ1n) is 12.2. The molecule has 4 N–H and O–H groups in total. The lowest BCUT2D eigenvalue weighted by Gasteiger charge is -2.22. The highest BCUT2D eigenvalue weighted by atomic mass is 16.5. The summed E-state index contributed by atoms with van der Waals surface area (Å²) in [7, 11) is 1.47. The Balaban J connectivity index is 3.14. The van der Waals surface area contributed by atoms with Gasteiger partial charge in [-0.15, -0.1) is 0 Å². The van der Waals surface area contributed by atoms with Crippen LogP contribution < -0.4 is 20.5 Å². The molecule has 0 saturated carbocycles. The Morgan fingerprint density at radius 1 is 1.17 bits per heavy atom. The summed E-state index contributed by atoms with van der Waals surface area (Å²) in [6, 6.07) is -0.906. The van der Waals surface area contributed by atoms with Crippen molar-refractivity contribution in [3.63, 3.8) is 0 Å². The molecule has 1 unspecified atom stereocenters. The number of allylic oxidation sites excluding steroid dienone is 2. The highest BCUT2D eigenvalue weighted by Crippen LogP contribution is 2.43. The number of hydrogen-bond donors (Lipinski definition) is 3. The van der Waals surface area contributed by atoms with Crippen LogP contribution in [0.25, 0.3) is 0 Å². The summed E-state index contributed by atoms with van der Waals surface area (Å²) in [5.41, 5.74) is 8.26. The highest BCUT2D eigenvalue weighted by molar-refractivity contribution is 5.86. The fourth-order valence-electron chi connectivity index (χ4n) is 3.70. The second-order valence-electron chi connectivity index (χ2n) is 8.45. The SMILES string of the molecule is CCN(CC)CCOC(=O)CC/C(C)=C/Cc1c(OC)c(C)c(CO)c(NC=O)c1OC(=O)C(C)N. The Hall–Kier alpha value is -2.95. The summed E-state index contributed by atoms with van der Waals surface area (Å²) in [6.45, 7) is 11.7. The van der Waals surface area contributed by atoms with Gasteiger partial charge in [0.05, 0.1) is 19.4 Å². The fourth-order valence-corrected chi connectivity index (χ4v) is 3.70. The van der Waals surface area contributed by atoms with E-state index in [0.29, 0.717) is 48.4 Å². The monoisotopic (exact) mass is 507 g/mol. The number of carbonyl (C=O) groups is 3. The Bertz CT molecular complexity index is 925. The van der Waals surface area contributed by atoms with Crippen LogP contribution in [0, 0.1) is 6.92 Å². The molecular formula is C26H41N3O7. The van der Waals surface area contributed by atoms with Gasteiger partial charge in [0.2, 0.25) is 6.41 Å². The highest BCUT2D eigenvalue weighted by Gasteiger charge is 2.26. The van der Waals surface area contributed by atoms with Crippen LogP contribution in [-0.4, -0.2) is 67.7 Å². The molecule has 0 saturated heterocycles. The van der Waals surface area contributed by atoms with E-state index in [1.54, 1.807) is 6.92 Å². The minimum Gasteiger partial charge on any atom is -0.496 e. The number of amides is 1. The zero-order valence-corrected chi connectivity index (χ0v) is 22.3. The number of aliphatic hydroxyl groups is 1. The zero-order valence-electron chi connectivity index (χ0n) is 22.3. The van der Waals surface area contributed by atoms with Gasteiger partial charge in [-0.2, -0.15) is 0 Å². The molecule has 0 spiro atoms. The molecule has 1 aromatic rings. The van der Waals surface area contributed by atoms with E-state index in [-0.39, 0.29) is 30.2 Å². The smallest absolute Gasteiger partial charge is 0.328 e. The molecule has 0 heterocycles. The average molecular weight is 508 g/mol. The number of hydrogen-bond acceptors (Lipinski definition) is 9. The van der Waals surface area contributed by atoms with Crippen molar-refractivity contribution in [1.29, 1.82) is 0 Å². The Morgan fingerprint density at radius 3 is 2.36 bits per heavy atom. The van der Waals surface area contributed by atoms with Gasteiger partial charge in [-0.25, -0.2) is 4.79 Å². The summed E-state index contributed by atoms with van der Waals surface area (Å²) in [4.78, 5) is 38.0. The number of nitrogens with one attached hydrogen (secondary N) is 1. The van der Waals surface area contributed by atoms with E-state index < -0.39 is 18.6 Å². The molecule has 0 bridgehead atoms. The van der Waals surface area contributed by atoms with Crippen LogP contribution in [0.15, 0.2) is 11.6 Å². The average Bonchev–Trinajstić information content (AvgIpc) is 2.85. The number of ether oxygens (including phenoxy) is 3. The predicted molar refractivity (Wildman–Crippen MR) is 138 cm³/mol. The first kappa shape index (κ1) is 31.1. The minimum absolute atomic E-state index is 0.0655. The van der Waals surface area contributed by atoms with E-state index in [9.17, 15) is 19.5 Å². The standard InChI is InChI=1S/C26H41N3O7/c1-7-29(8-2)13-14-35-22(32)12-10-17(3)9-11-20-24(34-6)18(4)21(15-30)23(28-16-31)25(20)36-26(33)19(5)27/h9,16,19,30H,7-8,10-15,27H2,1-6H3,(H,28,31)/b17-9+. The molecular weight excluding hydrogens is 466 g/mol. The fraction of sp³-hybridized carbons (Fsp3) is 0.577. The third-order valence-corrected chi connectivity index (χ3v) is 5.95. The number of likely N-dealkylation sites (N-methyl/N-ethyl adjacent to an activating group) is 1. The van der Waals surface area contributed by atoms with Gasteiger partial charge in [-0.3, -0.25) is 9.59 Å². The van der Waals surface area contributed by atoms with Gasteiger partial charge in [0.1, 0.15) is 18.4 Å². The predicted octanol–water partition coefficient (Wildman–Crippen LogP) is 2.47. The van der Waals surface area contributed by atoms with Crippen molar-refractivity contribution in [3.05, 3.63) is 28.3 Å². The van der Waals surface area contributed by atoms with Crippen LogP contribution >= 0.6 is 0 Å². The van der Waals surface area contributed by atoms with Crippen LogP contribution in [0.4, 0.5) is 5.69 Å². The minimum atomic E-state index is -0.906. The van der Waals surface area contributed by atoms with Gasteiger partial charge in [0.25, 0.3) is 0 Å². The molecule has 1 rings (SSSR count). The van der Waals surface area contributed by atoms with Gasteiger partial charge >= 0.3 is 11.9 Å². The summed E-state index contributed by atoms with van der Waals surface area (Å²) in [6.07, 6.45) is 3.36. The topological polar surface area (TPSA) is 140 Å². The van der Waals surface area contributed by atoms with E-state index in [1.165, 1.54) is 14.0 Å². The number of nitrogens with zero attached hydrogens (tertiary/aromatic N) is 1. The molecule has 0 aliphatic heterocycles. The number of benzene rings is 1. The number of carbonyl (C=O) groups excluding carboxylic acids is 3. The summed E-state index contributed by atoms with van der Waals surface area (Å²) >= 11 is 0. The van der Waals surface area contributed by atoms with Crippen molar-refractivity contribution in [1.82, 2.24) is 4.90 Å². The van der Waals surface area contributed by atoms with Crippen LogP contribution in [0.3, 0.4) is 0 Å². The second-order valence-corrected chi connectivity index (χ2v) is 8.45. The molecule has 202 valence electrons. The third kappa shape index (κ3) is 8.92. The van der Waals surface area contributed by atoms with E-state index >= 15 is 0 Å². The molecule has 0 fully saturated rings. The maximum Gasteiger partial charge on any atom is 0.328 e. The number of esters is 2. The Kier molecular flexibility index (Phi) is 13.7. The summed E-state index contributed by atoms with van der Waals surface area (Å²) in [5.74, 6) is -0.480. The largest absolute Gasteiger partial charge is 0.496 e. The lowest BCUT2D eigenvalue weighted by Crippen LogP contribution is -2.31. The third-order valence-electron chi connectivity index (χ3n) is 5.95. The number of rotatable bonds is 16. The van der Waals surface area contributed by atoms with E-state index in [0.717, 1.165) is 18.7 Å². The normalized spacial score (nSPS) is 12.3. The van der Waals surface area contributed by atoms with Crippen molar-refractivity contribution in [2.24, 2.45) is 5.73 Å². The van der Waals surface area contributed by atoms with E-state index in [2.05, 4.69) is 24.1 Å². The maximum absolute atomic E-state index is 12.4. The van der Waals surface area contributed by atoms with Gasteiger partial charge < -0.3 is 35.3 Å². The second kappa shape index (κ2) is 15.9. The van der Waals surface area contributed by atoms with Gasteiger partial charge in [0.15, 0.2) is 5.75 Å². The quantitative estimate of drug-likeness (QED) is 0.133. The maximum atomic E-state index is 12.4. The molecule has 1 atom stereocenters.